The molecule has 4 nitrogen and oxygen atoms in total. The largest absolute Gasteiger partial charge is 0.458 e. The Morgan fingerprint density at radius 1 is 1.44 bits per heavy atom. The van der Waals surface area contributed by atoms with Gasteiger partial charge in [-0.3, -0.25) is 4.99 Å². The molecule has 2 aliphatic rings. The minimum atomic E-state index is -0.443. The molecule has 0 aromatic carbocycles. The molecular formula is C12H18N2O2. The highest BCUT2D eigenvalue weighted by Gasteiger charge is 2.56. The van der Waals surface area contributed by atoms with E-state index in [2.05, 4.69) is 4.99 Å². The van der Waals surface area contributed by atoms with Crippen molar-refractivity contribution in [3.05, 3.63) is 12.3 Å². The van der Waals surface area contributed by atoms with Gasteiger partial charge in [0.1, 0.15) is 17.8 Å². The summed E-state index contributed by atoms with van der Waals surface area (Å²) >= 11 is 0. The highest BCUT2D eigenvalue weighted by Crippen LogP contribution is 2.44. The van der Waals surface area contributed by atoms with Crippen molar-refractivity contribution in [2.45, 2.75) is 44.8 Å². The van der Waals surface area contributed by atoms with Crippen molar-refractivity contribution in [1.29, 1.82) is 0 Å². The lowest BCUT2D eigenvalue weighted by atomic mass is 10.1. The Kier molecular flexibility index (Phi) is 2.52. The number of rotatable bonds is 2. The number of hydrogen-bond donors (Lipinski definition) is 0. The maximum absolute atomic E-state index is 12.1. The van der Waals surface area contributed by atoms with E-state index in [0.717, 1.165) is 12.8 Å². The average molecular weight is 222 g/mol. The SMILES string of the molecule is CC(C)(C)OC(=O)C1(N2C=CC=NC2)CC1. The summed E-state index contributed by atoms with van der Waals surface area (Å²) in [4.78, 5) is 18.2. The molecule has 0 radical (unpaired) electrons. The summed E-state index contributed by atoms with van der Waals surface area (Å²) in [5.74, 6) is -0.123. The number of hydrogen-bond acceptors (Lipinski definition) is 4. The molecule has 0 bridgehead atoms. The van der Waals surface area contributed by atoms with Gasteiger partial charge in [0.2, 0.25) is 0 Å². The van der Waals surface area contributed by atoms with E-state index in [-0.39, 0.29) is 5.97 Å². The van der Waals surface area contributed by atoms with Crippen LogP contribution in [0.4, 0.5) is 0 Å². The number of nitrogens with zero attached hydrogens (tertiary/aromatic N) is 2. The van der Waals surface area contributed by atoms with E-state index in [0.29, 0.717) is 6.67 Å². The van der Waals surface area contributed by atoms with Crippen LogP contribution in [0.5, 0.6) is 0 Å². The van der Waals surface area contributed by atoms with Crippen LogP contribution >= 0.6 is 0 Å². The van der Waals surface area contributed by atoms with E-state index < -0.39 is 11.1 Å². The van der Waals surface area contributed by atoms with Gasteiger partial charge in [-0.25, -0.2) is 4.79 Å². The average Bonchev–Trinajstić information content (AvgIpc) is 2.97. The minimum absolute atomic E-state index is 0.123. The fraction of sp³-hybridized carbons (Fsp3) is 0.667. The molecule has 88 valence electrons. The zero-order valence-corrected chi connectivity index (χ0v) is 10.1. The van der Waals surface area contributed by atoms with Crippen molar-refractivity contribution < 1.29 is 9.53 Å². The van der Waals surface area contributed by atoms with Gasteiger partial charge < -0.3 is 9.64 Å². The van der Waals surface area contributed by atoms with Crippen molar-refractivity contribution >= 4 is 12.2 Å². The van der Waals surface area contributed by atoms with Gasteiger partial charge in [-0.05, 0) is 39.7 Å². The van der Waals surface area contributed by atoms with Crippen LogP contribution in [0.25, 0.3) is 0 Å². The summed E-state index contributed by atoms with van der Waals surface area (Å²) in [7, 11) is 0. The lowest BCUT2D eigenvalue weighted by Crippen LogP contribution is -2.44. The first kappa shape index (κ1) is 11.2. The molecule has 4 heteroatoms. The summed E-state index contributed by atoms with van der Waals surface area (Å²) < 4.78 is 5.45. The first-order valence-corrected chi connectivity index (χ1v) is 5.61. The van der Waals surface area contributed by atoms with Crippen LogP contribution in [0.3, 0.4) is 0 Å². The summed E-state index contributed by atoms with van der Waals surface area (Å²) in [5.41, 5.74) is -0.864. The van der Waals surface area contributed by atoms with Crippen LogP contribution in [-0.2, 0) is 9.53 Å². The molecule has 2 rings (SSSR count). The predicted octanol–water partition coefficient (Wildman–Crippen LogP) is 1.72. The molecule has 0 unspecified atom stereocenters. The van der Waals surface area contributed by atoms with Gasteiger partial charge >= 0.3 is 5.97 Å². The van der Waals surface area contributed by atoms with E-state index in [1.165, 1.54) is 0 Å². The normalized spacial score (nSPS) is 22.1. The van der Waals surface area contributed by atoms with Gasteiger partial charge in [0, 0.05) is 12.4 Å². The van der Waals surface area contributed by atoms with E-state index in [1.54, 1.807) is 6.21 Å². The van der Waals surface area contributed by atoms with Crippen LogP contribution in [0, 0.1) is 0 Å². The molecule has 16 heavy (non-hydrogen) atoms. The molecule has 0 aromatic rings. The van der Waals surface area contributed by atoms with Crippen LogP contribution in [-0.4, -0.2) is 34.9 Å². The van der Waals surface area contributed by atoms with Crippen LogP contribution in [0.2, 0.25) is 0 Å². The highest BCUT2D eigenvalue weighted by molar-refractivity contribution is 5.85. The molecule has 0 spiro atoms. The predicted molar refractivity (Wildman–Crippen MR) is 62.1 cm³/mol. The molecule has 0 N–H and O–H groups in total. The van der Waals surface area contributed by atoms with Crippen LogP contribution in [0.1, 0.15) is 33.6 Å². The Morgan fingerprint density at radius 3 is 2.56 bits per heavy atom. The van der Waals surface area contributed by atoms with Crippen molar-refractivity contribution in [2.75, 3.05) is 6.67 Å². The van der Waals surface area contributed by atoms with Gasteiger partial charge in [0.25, 0.3) is 0 Å². The first-order chi connectivity index (χ1) is 7.44. The molecule has 1 heterocycles. The van der Waals surface area contributed by atoms with Crippen LogP contribution < -0.4 is 0 Å². The Morgan fingerprint density at radius 2 is 2.12 bits per heavy atom. The quantitative estimate of drug-likeness (QED) is 0.668. The van der Waals surface area contributed by atoms with Crippen molar-refractivity contribution in [3.63, 3.8) is 0 Å². The Hall–Kier alpha value is -1.32. The van der Waals surface area contributed by atoms with Gasteiger partial charge in [-0.15, -0.1) is 0 Å². The summed E-state index contributed by atoms with van der Waals surface area (Å²) in [6, 6.07) is 0. The second-order valence-electron chi connectivity index (χ2n) is 5.32. The van der Waals surface area contributed by atoms with Crippen molar-refractivity contribution in [1.82, 2.24) is 4.90 Å². The van der Waals surface area contributed by atoms with E-state index >= 15 is 0 Å². The second-order valence-corrected chi connectivity index (χ2v) is 5.32. The van der Waals surface area contributed by atoms with Gasteiger partial charge in [-0.2, -0.15) is 0 Å². The third kappa shape index (κ3) is 2.10. The molecule has 1 saturated carbocycles. The zero-order valence-electron chi connectivity index (χ0n) is 10.1. The van der Waals surface area contributed by atoms with E-state index in [4.69, 9.17) is 4.74 Å². The maximum Gasteiger partial charge on any atom is 0.332 e. The lowest BCUT2D eigenvalue weighted by molar-refractivity contribution is -0.162. The number of carbonyl (C=O) groups is 1. The van der Waals surface area contributed by atoms with Crippen LogP contribution in [0.15, 0.2) is 17.3 Å². The third-order valence-corrected chi connectivity index (χ3v) is 2.74. The van der Waals surface area contributed by atoms with E-state index in [9.17, 15) is 4.79 Å². The van der Waals surface area contributed by atoms with Gasteiger partial charge in [0.05, 0.1) is 0 Å². The molecule has 1 aliphatic heterocycles. The molecule has 0 amide bonds. The fourth-order valence-corrected chi connectivity index (χ4v) is 1.76. The standard InChI is InChI=1S/C12H18N2O2/c1-11(2,3)16-10(15)12(5-6-12)14-8-4-7-13-9-14/h4,7-8H,5-6,9H2,1-3H3. The molecular weight excluding hydrogens is 204 g/mol. The highest BCUT2D eigenvalue weighted by atomic mass is 16.6. The smallest absolute Gasteiger partial charge is 0.332 e. The lowest BCUT2D eigenvalue weighted by Gasteiger charge is -2.31. The second kappa shape index (κ2) is 3.61. The Balaban J connectivity index is 2.05. The Bertz CT molecular complexity index is 349. The van der Waals surface area contributed by atoms with Gasteiger partial charge in [-0.1, -0.05) is 0 Å². The summed E-state index contributed by atoms with van der Waals surface area (Å²) in [6.07, 6.45) is 7.25. The number of allylic oxidation sites excluding steroid dienone is 1. The molecule has 0 saturated heterocycles. The molecule has 1 fully saturated rings. The minimum Gasteiger partial charge on any atom is -0.458 e. The molecule has 0 aromatic heterocycles. The van der Waals surface area contributed by atoms with E-state index in [1.807, 2.05) is 37.9 Å². The third-order valence-electron chi connectivity index (χ3n) is 2.74. The summed E-state index contributed by atoms with van der Waals surface area (Å²) in [6.45, 7) is 6.23. The molecule has 0 atom stereocenters. The van der Waals surface area contributed by atoms with Crippen molar-refractivity contribution in [3.8, 4) is 0 Å². The fourth-order valence-electron chi connectivity index (χ4n) is 1.76. The van der Waals surface area contributed by atoms with Gasteiger partial charge in [0.15, 0.2) is 0 Å². The monoisotopic (exact) mass is 222 g/mol. The zero-order chi connectivity index (χ0) is 11.8. The number of ether oxygens (including phenoxy) is 1. The topological polar surface area (TPSA) is 41.9 Å². The first-order valence-electron chi connectivity index (χ1n) is 5.61. The number of aliphatic imine (C=N–C) groups is 1. The molecule has 1 aliphatic carbocycles. The maximum atomic E-state index is 12.1. The number of esters is 1. The number of carbonyl (C=O) groups excluding carboxylic acids is 1. The Labute approximate surface area is 96.0 Å². The summed E-state index contributed by atoms with van der Waals surface area (Å²) in [5, 5.41) is 0. The van der Waals surface area contributed by atoms with Crippen molar-refractivity contribution in [2.24, 2.45) is 4.99 Å².